The molecule has 2 rings (SSSR count). The van der Waals surface area contributed by atoms with Gasteiger partial charge in [-0.3, -0.25) is 4.79 Å². The first-order chi connectivity index (χ1) is 11.2. The summed E-state index contributed by atoms with van der Waals surface area (Å²) in [5.74, 6) is 0.896. The predicted molar refractivity (Wildman–Crippen MR) is 86.9 cm³/mol. The molecule has 23 heavy (non-hydrogen) atoms. The third-order valence-corrected chi connectivity index (χ3v) is 3.09. The van der Waals surface area contributed by atoms with Gasteiger partial charge in [0, 0.05) is 31.0 Å². The maximum Gasteiger partial charge on any atom is 0.266 e. The van der Waals surface area contributed by atoms with Crippen molar-refractivity contribution in [2.45, 2.75) is 0 Å². The molecule has 0 spiro atoms. The molecule has 0 bridgehead atoms. The average molecular weight is 311 g/mol. The number of hydrogen-bond acceptors (Lipinski definition) is 5. The lowest BCUT2D eigenvalue weighted by Crippen LogP contribution is -2.32. The standard InChI is InChI=1S/C17H17N3O3/c1-3-7-20(8-4-2)17(21)13(10-18)11-19-14-5-6-15-16(9-14)23-12-22-15/h3-6,9,11,19H,1-2,7-8,12H2/b13-11-. The van der Waals surface area contributed by atoms with Gasteiger partial charge in [0.1, 0.15) is 11.6 Å². The van der Waals surface area contributed by atoms with Gasteiger partial charge in [-0.05, 0) is 12.1 Å². The number of benzene rings is 1. The monoisotopic (exact) mass is 311 g/mol. The molecule has 1 aromatic carbocycles. The Bertz CT molecular complexity index is 679. The van der Waals surface area contributed by atoms with Crippen LogP contribution in [-0.4, -0.2) is 30.7 Å². The van der Waals surface area contributed by atoms with Crippen LogP contribution in [0.5, 0.6) is 11.5 Å². The van der Waals surface area contributed by atoms with Crippen molar-refractivity contribution in [1.82, 2.24) is 4.90 Å². The Hall–Kier alpha value is -3.20. The molecule has 0 atom stereocenters. The van der Waals surface area contributed by atoms with Gasteiger partial charge >= 0.3 is 0 Å². The Balaban J connectivity index is 2.12. The number of carbonyl (C=O) groups is 1. The molecule has 0 aromatic heterocycles. The van der Waals surface area contributed by atoms with Gasteiger partial charge in [-0.1, -0.05) is 12.2 Å². The number of ether oxygens (including phenoxy) is 2. The van der Waals surface area contributed by atoms with E-state index in [1.54, 1.807) is 30.4 Å². The van der Waals surface area contributed by atoms with E-state index in [0.29, 0.717) is 30.3 Å². The zero-order chi connectivity index (χ0) is 16.7. The maximum absolute atomic E-state index is 12.3. The molecule has 1 N–H and O–H groups in total. The fraction of sp³-hybridized carbons (Fsp3) is 0.176. The Labute approximate surface area is 134 Å². The number of carbonyl (C=O) groups excluding carboxylic acids is 1. The zero-order valence-corrected chi connectivity index (χ0v) is 12.6. The normalized spacial score (nSPS) is 12.2. The van der Waals surface area contributed by atoms with E-state index >= 15 is 0 Å². The van der Waals surface area contributed by atoms with Gasteiger partial charge in [0.15, 0.2) is 11.5 Å². The molecule has 1 aromatic rings. The van der Waals surface area contributed by atoms with E-state index in [1.165, 1.54) is 11.1 Å². The summed E-state index contributed by atoms with van der Waals surface area (Å²) in [5.41, 5.74) is 0.681. The van der Waals surface area contributed by atoms with Crippen LogP contribution in [0.4, 0.5) is 5.69 Å². The smallest absolute Gasteiger partial charge is 0.266 e. The minimum absolute atomic E-state index is 0.00799. The Morgan fingerprint density at radius 3 is 2.65 bits per heavy atom. The molecule has 6 nitrogen and oxygen atoms in total. The van der Waals surface area contributed by atoms with E-state index < -0.39 is 0 Å². The fourth-order valence-electron chi connectivity index (χ4n) is 2.01. The van der Waals surface area contributed by atoms with E-state index in [-0.39, 0.29) is 18.3 Å². The van der Waals surface area contributed by atoms with Crippen molar-refractivity contribution < 1.29 is 14.3 Å². The minimum atomic E-state index is -0.388. The Morgan fingerprint density at radius 2 is 2.00 bits per heavy atom. The van der Waals surface area contributed by atoms with E-state index in [4.69, 9.17) is 9.47 Å². The van der Waals surface area contributed by atoms with Crippen LogP contribution < -0.4 is 14.8 Å². The third-order valence-electron chi connectivity index (χ3n) is 3.09. The van der Waals surface area contributed by atoms with Gasteiger partial charge in [-0.15, -0.1) is 13.2 Å². The quantitative estimate of drug-likeness (QED) is 0.475. The van der Waals surface area contributed by atoms with Crippen LogP contribution in [-0.2, 0) is 4.79 Å². The summed E-state index contributed by atoms with van der Waals surface area (Å²) < 4.78 is 10.5. The van der Waals surface area contributed by atoms with Crippen LogP contribution in [0, 0.1) is 11.3 Å². The SMILES string of the molecule is C=CCN(CC=C)C(=O)/C(C#N)=C\Nc1ccc2c(c1)OCO2. The molecule has 1 amide bonds. The van der Waals surface area contributed by atoms with Gasteiger partial charge in [0.25, 0.3) is 5.91 Å². The average Bonchev–Trinajstić information content (AvgIpc) is 3.02. The lowest BCUT2D eigenvalue weighted by atomic mass is 10.2. The summed E-state index contributed by atoms with van der Waals surface area (Å²) in [6.07, 6.45) is 4.57. The molecule has 1 aliphatic heterocycles. The Morgan fingerprint density at radius 1 is 1.30 bits per heavy atom. The van der Waals surface area contributed by atoms with Crippen molar-refractivity contribution in [2.75, 3.05) is 25.2 Å². The molecule has 118 valence electrons. The molecular weight excluding hydrogens is 294 g/mol. The third kappa shape index (κ3) is 3.92. The number of hydrogen-bond donors (Lipinski definition) is 1. The van der Waals surface area contributed by atoms with Gasteiger partial charge in [0.05, 0.1) is 0 Å². The van der Waals surface area contributed by atoms with E-state index in [9.17, 15) is 10.1 Å². The number of nitrogens with one attached hydrogen (secondary N) is 1. The van der Waals surface area contributed by atoms with Crippen molar-refractivity contribution in [3.63, 3.8) is 0 Å². The summed E-state index contributed by atoms with van der Waals surface area (Å²) in [5, 5.41) is 12.1. The van der Waals surface area contributed by atoms with Gasteiger partial charge in [-0.2, -0.15) is 5.26 Å². The molecule has 0 unspecified atom stereocenters. The minimum Gasteiger partial charge on any atom is -0.454 e. The highest BCUT2D eigenvalue weighted by Crippen LogP contribution is 2.34. The summed E-state index contributed by atoms with van der Waals surface area (Å²) in [6, 6.07) is 7.17. The second kappa shape index (κ2) is 7.71. The first-order valence-electron chi connectivity index (χ1n) is 6.97. The second-order valence-electron chi connectivity index (χ2n) is 4.67. The van der Waals surface area contributed by atoms with Crippen molar-refractivity contribution >= 4 is 11.6 Å². The summed E-state index contributed by atoms with van der Waals surface area (Å²) >= 11 is 0. The summed E-state index contributed by atoms with van der Waals surface area (Å²) in [7, 11) is 0. The van der Waals surface area contributed by atoms with E-state index in [1.807, 2.05) is 6.07 Å². The molecule has 1 heterocycles. The Kier molecular flexibility index (Phi) is 5.42. The lowest BCUT2D eigenvalue weighted by molar-refractivity contribution is -0.125. The highest BCUT2D eigenvalue weighted by atomic mass is 16.7. The van der Waals surface area contributed by atoms with Crippen molar-refractivity contribution in [3.8, 4) is 17.6 Å². The topological polar surface area (TPSA) is 74.6 Å². The predicted octanol–water partition coefficient (Wildman–Crippen LogP) is 2.44. The molecule has 0 saturated heterocycles. The van der Waals surface area contributed by atoms with Crippen LogP contribution in [0.2, 0.25) is 0 Å². The van der Waals surface area contributed by atoms with Crippen molar-refractivity contribution in [1.29, 1.82) is 5.26 Å². The number of amides is 1. The lowest BCUT2D eigenvalue weighted by Gasteiger charge is -2.18. The van der Waals surface area contributed by atoms with E-state index in [2.05, 4.69) is 18.5 Å². The number of rotatable bonds is 7. The highest BCUT2D eigenvalue weighted by Gasteiger charge is 2.17. The number of nitriles is 1. The molecule has 0 radical (unpaired) electrons. The van der Waals surface area contributed by atoms with Gasteiger partial charge in [-0.25, -0.2) is 0 Å². The van der Waals surface area contributed by atoms with Crippen molar-refractivity contribution in [3.05, 3.63) is 55.3 Å². The second-order valence-corrected chi connectivity index (χ2v) is 4.67. The molecule has 6 heteroatoms. The van der Waals surface area contributed by atoms with Crippen LogP contribution in [0.15, 0.2) is 55.3 Å². The number of nitrogens with zero attached hydrogens (tertiary/aromatic N) is 2. The van der Waals surface area contributed by atoms with Gasteiger partial charge < -0.3 is 19.7 Å². The highest BCUT2D eigenvalue weighted by molar-refractivity contribution is 5.97. The van der Waals surface area contributed by atoms with Crippen LogP contribution in [0.25, 0.3) is 0 Å². The number of fused-ring (bicyclic) bond motifs is 1. The molecule has 0 aliphatic carbocycles. The number of anilines is 1. The van der Waals surface area contributed by atoms with Crippen LogP contribution in [0.3, 0.4) is 0 Å². The summed E-state index contributed by atoms with van der Waals surface area (Å²) in [4.78, 5) is 13.8. The van der Waals surface area contributed by atoms with E-state index in [0.717, 1.165) is 0 Å². The molecule has 0 saturated carbocycles. The maximum atomic E-state index is 12.3. The molecule has 0 fully saturated rings. The molecule has 1 aliphatic rings. The zero-order valence-electron chi connectivity index (χ0n) is 12.6. The molecular formula is C17H17N3O3. The summed E-state index contributed by atoms with van der Waals surface area (Å²) in [6.45, 7) is 8.08. The first-order valence-corrected chi connectivity index (χ1v) is 6.97. The van der Waals surface area contributed by atoms with Crippen molar-refractivity contribution in [2.24, 2.45) is 0 Å². The van der Waals surface area contributed by atoms with Gasteiger partial charge in [0.2, 0.25) is 6.79 Å². The first kappa shape index (κ1) is 16.2. The van der Waals surface area contributed by atoms with Crippen LogP contribution in [0.1, 0.15) is 0 Å². The van der Waals surface area contributed by atoms with Crippen LogP contribution >= 0.6 is 0 Å². The largest absolute Gasteiger partial charge is 0.454 e. The fourth-order valence-corrected chi connectivity index (χ4v) is 2.01.